The van der Waals surface area contributed by atoms with E-state index in [0.29, 0.717) is 0 Å². The average Bonchev–Trinajstić information content (AvgIpc) is 2.72. The van der Waals surface area contributed by atoms with Crippen molar-refractivity contribution in [3.63, 3.8) is 0 Å². The molecule has 2 aromatic heterocycles. The monoisotopic (exact) mass is 174 g/mol. The Kier molecular flexibility index (Phi) is 1.88. The molecule has 13 heavy (non-hydrogen) atoms. The molecule has 3 N–H and O–H groups in total. The van der Waals surface area contributed by atoms with E-state index >= 15 is 0 Å². The third-order valence-electron chi connectivity index (χ3n) is 1.76. The summed E-state index contributed by atoms with van der Waals surface area (Å²) in [7, 11) is 0. The van der Waals surface area contributed by atoms with E-state index < -0.39 is 0 Å². The molecule has 0 bridgehead atoms. The highest BCUT2D eigenvalue weighted by Gasteiger charge is 1.91. The third-order valence-corrected chi connectivity index (χ3v) is 1.76. The first-order chi connectivity index (χ1) is 6.36. The van der Waals surface area contributed by atoms with Gasteiger partial charge in [0, 0.05) is 12.4 Å². The van der Waals surface area contributed by atoms with Crippen LogP contribution in [0.1, 0.15) is 11.4 Å². The van der Waals surface area contributed by atoms with Crippen LogP contribution in [-0.2, 0) is 0 Å². The Labute approximate surface area is 75.7 Å². The van der Waals surface area contributed by atoms with E-state index in [0.717, 1.165) is 11.4 Å². The second-order valence-electron chi connectivity index (χ2n) is 2.67. The minimum atomic E-state index is 0.890. The van der Waals surface area contributed by atoms with Gasteiger partial charge in [0.25, 0.3) is 0 Å². The lowest BCUT2D eigenvalue weighted by molar-refractivity contribution is 1.00. The van der Waals surface area contributed by atoms with Gasteiger partial charge in [0.2, 0.25) is 0 Å². The highest BCUT2D eigenvalue weighted by Crippen LogP contribution is 2.04. The van der Waals surface area contributed by atoms with Crippen LogP contribution in [0.15, 0.2) is 30.6 Å². The molecule has 0 radical (unpaired) electrons. The number of nitrogen functional groups attached to an aromatic ring is 1. The standard InChI is InChI=1S/C9H10N4/c10-13-7-1-2-9(13)4-3-8-5-6-11-12-8/h1-7H,10H2,(H,11,12)/b4-3+. The number of hydrogen-bond donors (Lipinski definition) is 2. The minimum absolute atomic E-state index is 0.890. The lowest BCUT2D eigenvalue weighted by atomic mass is 10.3. The van der Waals surface area contributed by atoms with Crippen LogP contribution >= 0.6 is 0 Å². The molecule has 66 valence electrons. The van der Waals surface area contributed by atoms with Crippen molar-refractivity contribution < 1.29 is 0 Å². The van der Waals surface area contributed by atoms with E-state index in [1.807, 2.05) is 30.4 Å². The van der Waals surface area contributed by atoms with E-state index in [9.17, 15) is 0 Å². The number of rotatable bonds is 2. The first kappa shape index (κ1) is 7.67. The number of H-pyrrole nitrogens is 1. The summed E-state index contributed by atoms with van der Waals surface area (Å²) < 4.78 is 1.56. The van der Waals surface area contributed by atoms with Gasteiger partial charge in [-0.15, -0.1) is 0 Å². The maximum Gasteiger partial charge on any atom is 0.0849 e. The molecule has 2 aromatic rings. The Hall–Kier alpha value is -1.97. The van der Waals surface area contributed by atoms with Crippen LogP contribution in [0.5, 0.6) is 0 Å². The summed E-state index contributed by atoms with van der Waals surface area (Å²) in [5.41, 5.74) is 1.84. The predicted molar refractivity (Wildman–Crippen MR) is 52.1 cm³/mol. The molecule has 0 aliphatic heterocycles. The Bertz CT molecular complexity index is 397. The van der Waals surface area contributed by atoms with Crippen LogP contribution in [0.25, 0.3) is 12.2 Å². The van der Waals surface area contributed by atoms with Crippen LogP contribution < -0.4 is 5.84 Å². The van der Waals surface area contributed by atoms with Crippen molar-refractivity contribution in [3.8, 4) is 0 Å². The fourth-order valence-corrected chi connectivity index (χ4v) is 1.08. The summed E-state index contributed by atoms with van der Waals surface area (Å²) in [6.45, 7) is 0. The zero-order valence-corrected chi connectivity index (χ0v) is 7.01. The van der Waals surface area contributed by atoms with Gasteiger partial charge in [-0.1, -0.05) is 0 Å². The van der Waals surface area contributed by atoms with Crippen LogP contribution in [0.4, 0.5) is 0 Å². The van der Waals surface area contributed by atoms with E-state index in [-0.39, 0.29) is 0 Å². The summed E-state index contributed by atoms with van der Waals surface area (Å²) in [6, 6.07) is 5.72. The normalized spacial score (nSPS) is 11.1. The number of nitrogens with two attached hydrogens (primary N) is 1. The smallest absolute Gasteiger partial charge is 0.0849 e. The number of aromatic amines is 1. The number of nitrogens with zero attached hydrogens (tertiary/aromatic N) is 2. The van der Waals surface area contributed by atoms with Gasteiger partial charge in [0.1, 0.15) is 0 Å². The van der Waals surface area contributed by atoms with E-state index in [2.05, 4.69) is 10.2 Å². The molecule has 0 saturated heterocycles. The van der Waals surface area contributed by atoms with Crippen molar-refractivity contribution in [2.75, 3.05) is 5.84 Å². The number of hydrogen-bond acceptors (Lipinski definition) is 2. The molecule has 2 heterocycles. The summed E-state index contributed by atoms with van der Waals surface area (Å²) in [4.78, 5) is 0. The Morgan fingerprint density at radius 1 is 1.38 bits per heavy atom. The molecule has 4 nitrogen and oxygen atoms in total. The molecule has 0 unspecified atom stereocenters. The molecular weight excluding hydrogens is 164 g/mol. The SMILES string of the molecule is Nn1cccc1/C=C/c1cc[nH]n1. The molecule has 0 amide bonds. The summed E-state index contributed by atoms with van der Waals surface area (Å²) in [6.07, 6.45) is 7.39. The van der Waals surface area contributed by atoms with E-state index in [1.54, 1.807) is 17.1 Å². The second kappa shape index (κ2) is 3.18. The van der Waals surface area contributed by atoms with Gasteiger partial charge in [-0.3, -0.25) is 9.77 Å². The van der Waals surface area contributed by atoms with Gasteiger partial charge >= 0.3 is 0 Å². The zero-order valence-electron chi connectivity index (χ0n) is 7.01. The van der Waals surface area contributed by atoms with Gasteiger partial charge in [-0.05, 0) is 30.4 Å². The molecule has 0 atom stereocenters. The lowest BCUT2D eigenvalue weighted by Gasteiger charge is -1.94. The van der Waals surface area contributed by atoms with Crippen molar-refractivity contribution >= 4 is 12.2 Å². The van der Waals surface area contributed by atoms with Crippen molar-refractivity contribution in [3.05, 3.63) is 42.0 Å². The zero-order chi connectivity index (χ0) is 9.10. The van der Waals surface area contributed by atoms with Gasteiger partial charge in [-0.25, -0.2) is 0 Å². The van der Waals surface area contributed by atoms with Crippen LogP contribution in [0.3, 0.4) is 0 Å². The lowest BCUT2D eigenvalue weighted by Crippen LogP contribution is -2.07. The topological polar surface area (TPSA) is 59.6 Å². The van der Waals surface area contributed by atoms with Crippen molar-refractivity contribution in [2.45, 2.75) is 0 Å². The number of aromatic nitrogens is 3. The molecule has 0 aliphatic rings. The molecule has 0 aliphatic carbocycles. The molecule has 0 saturated carbocycles. The van der Waals surface area contributed by atoms with E-state index in [4.69, 9.17) is 5.84 Å². The molecule has 0 fully saturated rings. The maximum atomic E-state index is 5.62. The van der Waals surface area contributed by atoms with E-state index in [1.165, 1.54) is 0 Å². The average molecular weight is 174 g/mol. The van der Waals surface area contributed by atoms with Gasteiger partial charge in [-0.2, -0.15) is 5.10 Å². The third kappa shape index (κ3) is 1.61. The molecule has 0 spiro atoms. The maximum absolute atomic E-state index is 5.62. The van der Waals surface area contributed by atoms with Crippen molar-refractivity contribution in [1.29, 1.82) is 0 Å². The highest BCUT2D eigenvalue weighted by molar-refractivity contribution is 5.66. The highest BCUT2D eigenvalue weighted by atomic mass is 15.3. The second-order valence-corrected chi connectivity index (χ2v) is 2.67. The van der Waals surface area contributed by atoms with Gasteiger partial charge < -0.3 is 5.84 Å². The summed E-state index contributed by atoms with van der Waals surface area (Å²) in [5, 5.41) is 6.72. The Morgan fingerprint density at radius 3 is 2.92 bits per heavy atom. The van der Waals surface area contributed by atoms with Crippen LogP contribution in [0, 0.1) is 0 Å². The largest absolute Gasteiger partial charge is 0.339 e. The number of nitrogens with one attached hydrogen (secondary N) is 1. The first-order valence-corrected chi connectivity index (χ1v) is 3.96. The van der Waals surface area contributed by atoms with Crippen molar-refractivity contribution in [2.24, 2.45) is 0 Å². The van der Waals surface area contributed by atoms with Crippen molar-refractivity contribution in [1.82, 2.24) is 14.9 Å². The Balaban J connectivity index is 2.19. The van der Waals surface area contributed by atoms with Gasteiger partial charge in [0.05, 0.1) is 11.4 Å². The molecule has 4 heteroatoms. The molecular formula is C9H10N4. The predicted octanol–water partition coefficient (Wildman–Crippen LogP) is 1.10. The molecule has 0 aromatic carbocycles. The fraction of sp³-hybridized carbons (Fsp3) is 0. The van der Waals surface area contributed by atoms with Crippen LogP contribution in [0.2, 0.25) is 0 Å². The quantitative estimate of drug-likeness (QED) is 0.669. The van der Waals surface area contributed by atoms with Gasteiger partial charge in [0.15, 0.2) is 0 Å². The first-order valence-electron chi connectivity index (χ1n) is 3.96. The summed E-state index contributed by atoms with van der Waals surface area (Å²) >= 11 is 0. The molecule has 2 rings (SSSR count). The fourth-order valence-electron chi connectivity index (χ4n) is 1.08. The van der Waals surface area contributed by atoms with Crippen LogP contribution in [-0.4, -0.2) is 14.9 Å². The minimum Gasteiger partial charge on any atom is -0.339 e. The summed E-state index contributed by atoms with van der Waals surface area (Å²) in [5.74, 6) is 5.62. The Morgan fingerprint density at radius 2 is 2.31 bits per heavy atom.